The summed E-state index contributed by atoms with van der Waals surface area (Å²) in [4.78, 5) is 11.4. The third-order valence-electron chi connectivity index (χ3n) is 7.71. The number of carbonyl (C=O) groups is 1. The normalized spacial score (nSPS) is 29.3. The Morgan fingerprint density at radius 2 is 1.29 bits per heavy atom. The van der Waals surface area contributed by atoms with Gasteiger partial charge in [-0.05, 0) is 83.0 Å². The molecule has 12 heteroatoms. The van der Waals surface area contributed by atoms with Crippen molar-refractivity contribution >= 4 is 5.97 Å². The maximum Gasteiger partial charge on any atom is 0.426 e. The first kappa shape index (κ1) is 31.8. The molecule has 35 heavy (non-hydrogen) atoms. The molecule has 0 saturated heterocycles. The monoisotopic (exact) mass is 530 g/mol. The predicted octanol–water partition coefficient (Wildman–Crippen LogP) is 7.47. The van der Waals surface area contributed by atoms with Crippen molar-refractivity contribution in [3.63, 3.8) is 0 Å². The fourth-order valence-corrected chi connectivity index (χ4v) is 4.95. The van der Waals surface area contributed by atoms with E-state index >= 15 is 0 Å². The van der Waals surface area contributed by atoms with Gasteiger partial charge in [-0.3, -0.25) is 4.79 Å². The maximum absolute atomic E-state index is 12.7. The van der Waals surface area contributed by atoms with Crippen LogP contribution in [0.4, 0.5) is 39.5 Å². The molecule has 208 valence electrons. The molecule has 0 aromatic rings. The highest BCUT2D eigenvalue weighted by Gasteiger charge is 2.71. The summed E-state index contributed by atoms with van der Waals surface area (Å²) in [5, 5.41) is 9.28. The van der Waals surface area contributed by atoms with Gasteiger partial charge in [-0.1, -0.05) is 20.8 Å². The van der Waals surface area contributed by atoms with Gasteiger partial charge in [0.25, 0.3) is 5.60 Å². The Bertz CT molecular complexity index is 720. The fraction of sp³-hybridized carbons (Fsp3) is 0.957. The molecular weight excluding hydrogens is 495 g/mol. The molecule has 0 aliphatic heterocycles. The van der Waals surface area contributed by atoms with Crippen LogP contribution >= 0.6 is 0 Å². The molecule has 2 saturated carbocycles. The van der Waals surface area contributed by atoms with E-state index in [1.165, 1.54) is 27.7 Å². The molecule has 1 N–H and O–H groups in total. The molecular formula is C23H35F9O3. The molecule has 0 heterocycles. The van der Waals surface area contributed by atoms with Crippen LogP contribution in [0.5, 0.6) is 0 Å². The lowest BCUT2D eigenvalue weighted by atomic mass is 9.72. The molecule has 2 bridgehead atoms. The lowest BCUT2D eigenvalue weighted by Crippen LogP contribution is -2.58. The minimum Gasteiger partial charge on any atom is -0.459 e. The molecule has 2 aliphatic rings. The predicted molar refractivity (Wildman–Crippen MR) is 110 cm³/mol. The smallest absolute Gasteiger partial charge is 0.426 e. The number of aliphatic hydroxyl groups is 1. The molecule has 2 fully saturated rings. The van der Waals surface area contributed by atoms with Crippen LogP contribution in [-0.2, 0) is 9.53 Å². The van der Waals surface area contributed by atoms with Crippen LogP contribution in [0.1, 0.15) is 74.1 Å². The average molecular weight is 531 g/mol. The zero-order chi connectivity index (χ0) is 28.0. The SMILES string of the molecule is CC1C2CC(CC(O)(C(F)(F)F)C(F)(F)F)C(C2)C1C.CCC(C)(C(=O)OC(C)(C)C)C(F)(F)F. The number of esters is 1. The summed E-state index contributed by atoms with van der Waals surface area (Å²) in [5.41, 5.74) is -7.91. The molecule has 0 aromatic carbocycles. The molecule has 6 unspecified atom stereocenters. The minimum absolute atomic E-state index is 0.115. The van der Waals surface area contributed by atoms with Gasteiger partial charge >= 0.3 is 24.5 Å². The van der Waals surface area contributed by atoms with E-state index in [2.05, 4.69) is 0 Å². The molecule has 3 nitrogen and oxygen atoms in total. The van der Waals surface area contributed by atoms with E-state index in [1.54, 1.807) is 0 Å². The summed E-state index contributed by atoms with van der Waals surface area (Å²) in [6.07, 6.45) is -16.5. The molecule has 6 atom stereocenters. The summed E-state index contributed by atoms with van der Waals surface area (Å²) in [6.45, 7) is 10.7. The van der Waals surface area contributed by atoms with Crippen LogP contribution in [-0.4, -0.2) is 40.8 Å². The summed E-state index contributed by atoms with van der Waals surface area (Å²) in [7, 11) is 0. The second-order valence-corrected chi connectivity index (χ2v) is 11.1. The molecule has 0 radical (unpaired) electrons. The highest BCUT2D eigenvalue weighted by atomic mass is 19.4. The summed E-state index contributed by atoms with van der Waals surface area (Å²) < 4.78 is 119. The largest absolute Gasteiger partial charge is 0.459 e. The van der Waals surface area contributed by atoms with Crippen molar-refractivity contribution < 1.29 is 54.2 Å². The van der Waals surface area contributed by atoms with Gasteiger partial charge in [0.1, 0.15) is 5.60 Å². The van der Waals surface area contributed by atoms with Gasteiger partial charge in [0.05, 0.1) is 0 Å². The molecule has 0 spiro atoms. The van der Waals surface area contributed by atoms with Crippen molar-refractivity contribution in [2.75, 3.05) is 0 Å². The van der Waals surface area contributed by atoms with Crippen molar-refractivity contribution in [2.24, 2.45) is 35.0 Å². The Morgan fingerprint density at radius 1 is 0.829 bits per heavy atom. The number of rotatable bonds is 4. The van der Waals surface area contributed by atoms with Crippen molar-refractivity contribution in [1.82, 2.24) is 0 Å². The van der Waals surface area contributed by atoms with Gasteiger partial charge in [-0.2, -0.15) is 39.5 Å². The third-order valence-corrected chi connectivity index (χ3v) is 7.71. The molecule has 2 aliphatic carbocycles. The first-order valence-electron chi connectivity index (χ1n) is 11.5. The second kappa shape index (κ2) is 9.93. The van der Waals surface area contributed by atoms with E-state index in [9.17, 15) is 49.4 Å². The van der Waals surface area contributed by atoms with Gasteiger partial charge < -0.3 is 9.84 Å². The second-order valence-electron chi connectivity index (χ2n) is 11.1. The zero-order valence-corrected chi connectivity index (χ0v) is 20.9. The Labute approximate surface area is 199 Å². The lowest BCUT2D eigenvalue weighted by molar-refractivity contribution is -0.373. The first-order chi connectivity index (χ1) is 15.3. The number of halogens is 9. The first-order valence-corrected chi connectivity index (χ1v) is 11.5. The number of hydrogen-bond donors (Lipinski definition) is 1. The quantitative estimate of drug-likeness (QED) is 0.303. The minimum atomic E-state index is -5.69. The van der Waals surface area contributed by atoms with E-state index in [4.69, 9.17) is 4.74 Å². The molecule has 0 aromatic heterocycles. The average Bonchev–Trinajstić information content (AvgIpc) is 3.16. The third kappa shape index (κ3) is 6.57. The van der Waals surface area contributed by atoms with Crippen LogP contribution in [0, 0.1) is 35.0 Å². The highest BCUT2D eigenvalue weighted by molar-refractivity contribution is 5.77. The maximum atomic E-state index is 12.7. The summed E-state index contributed by atoms with van der Waals surface area (Å²) >= 11 is 0. The zero-order valence-electron chi connectivity index (χ0n) is 20.9. The fourth-order valence-electron chi connectivity index (χ4n) is 4.95. The van der Waals surface area contributed by atoms with Gasteiger partial charge in [0.2, 0.25) is 0 Å². The standard InChI is InChI=1S/C13H18F6O.C10H17F3O2/c1-6-7(2)10-4-8(6)3-9(10)5-11(20,12(14,15)16)13(17,18)19;1-6-9(5,10(11,12)13)7(14)15-8(2,3)4/h6-10,20H,3-5H2,1-2H3;6H2,1-5H3. The van der Waals surface area contributed by atoms with E-state index < -0.39 is 53.5 Å². The lowest BCUT2D eigenvalue weighted by Gasteiger charge is -2.39. The van der Waals surface area contributed by atoms with Crippen molar-refractivity contribution in [2.45, 2.75) is 104 Å². The summed E-state index contributed by atoms with van der Waals surface area (Å²) in [6, 6.07) is 0. The Morgan fingerprint density at radius 3 is 1.57 bits per heavy atom. The van der Waals surface area contributed by atoms with E-state index in [0.29, 0.717) is 18.8 Å². The van der Waals surface area contributed by atoms with Gasteiger partial charge in [0, 0.05) is 0 Å². The number of alkyl halides is 9. The van der Waals surface area contributed by atoms with E-state index in [-0.39, 0.29) is 24.2 Å². The van der Waals surface area contributed by atoms with Gasteiger partial charge in [0.15, 0.2) is 5.41 Å². The Hall–Kier alpha value is -1.20. The van der Waals surface area contributed by atoms with Crippen LogP contribution in [0.2, 0.25) is 0 Å². The highest BCUT2D eigenvalue weighted by Crippen LogP contribution is 2.59. The van der Waals surface area contributed by atoms with Crippen LogP contribution in [0.15, 0.2) is 0 Å². The molecule has 2 rings (SSSR count). The summed E-state index contributed by atoms with van der Waals surface area (Å²) in [5.74, 6) is -1.44. The number of carbonyl (C=O) groups excluding carboxylic acids is 1. The van der Waals surface area contributed by atoms with E-state index in [0.717, 1.165) is 6.92 Å². The van der Waals surface area contributed by atoms with Crippen molar-refractivity contribution in [3.8, 4) is 0 Å². The molecule has 0 amide bonds. The van der Waals surface area contributed by atoms with Crippen LogP contribution in [0.25, 0.3) is 0 Å². The van der Waals surface area contributed by atoms with Crippen LogP contribution < -0.4 is 0 Å². The Kier molecular flexibility index (Phi) is 9.03. The number of hydrogen-bond acceptors (Lipinski definition) is 3. The topological polar surface area (TPSA) is 46.5 Å². The number of fused-ring (bicyclic) bond motifs is 2. The van der Waals surface area contributed by atoms with Gasteiger partial charge in [-0.25, -0.2) is 0 Å². The van der Waals surface area contributed by atoms with Gasteiger partial charge in [-0.15, -0.1) is 0 Å². The van der Waals surface area contributed by atoms with E-state index in [1.807, 2.05) is 13.8 Å². The van der Waals surface area contributed by atoms with Crippen LogP contribution in [0.3, 0.4) is 0 Å². The van der Waals surface area contributed by atoms with Crippen molar-refractivity contribution in [1.29, 1.82) is 0 Å². The van der Waals surface area contributed by atoms with Crippen molar-refractivity contribution in [3.05, 3.63) is 0 Å². The number of ether oxygens (including phenoxy) is 1. The Balaban J connectivity index is 0.000000367.